The predicted molar refractivity (Wildman–Crippen MR) is 55.5 cm³/mol. The van der Waals surface area contributed by atoms with Gasteiger partial charge in [-0.2, -0.15) is 0 Å². The van der Waals surface area contributed by atoms with Crippen LogP contribution in [0.4, 0.5) is 0 Å². The highest BCUT2D eigenvalue weighted by Gasteiger charge is 2.33. The van der Waals surface area contributed by atoms with Crippen molar-refractivity contribution in [2.24, 2.45) is 0 Å². The lowest BCUT2D eigenvalue weighted by Gasteiger charge is -2.38. The van der Waals surface area contributed by atoms with E-state index in [1.165, 1.54) is 0 Å². The third-order valence-electron chi connectivity index (χ3n) is 2.28. The van der Waals surface area contributed by atoms with Crippen LogP contribution in [0.25, 0.3) is 0 Å². The summed E-state index contributed by atoms with van der Waals surface area (Å²) in [6.07, 6.45) is 0. The van der Waals surface area contributed by atoms with Gasteiger partial charge in [0, 0.05) is 35.7 Å². The molecule has 1 aliphatic rings. The van der Waals surface area contributed by atoms with Crippen LogP contribution in [0.2, 0.25) is 0 Å². The Morgan fingerprint density at radius 1 is 1.42 bits per heavy atom. The molecule has 3 nitrogen and oxygen atoms in total. The van der Waals surface area contributed by atoms with Crippen LogP contribution >= 0.6 is 22.6 Å². The number of hydrogen-bond acceptors (Lipinski definition) is 3. The van der Waals surface area contributed by atoms with Crippen LogP contribution in [0.15, 0.2) is 0 Å². The molecule has 1 fully saturated rings. The van der Waals surface area contributed by atoms with E-state index in [1.54, 1.807) is 0 Å². The van der Waals surface area contributed by atoms with Crippen molar-refractivity contribution in [3.05, 3.63) is 0 Å². The van der Waals surface area contributed by atoms with Crippen LogP contribution in [-0.4, -0.2) is 40.5 Å². The molecule has 0 unspecified atom stereocenters. The highest BCUT2D eigenvalue weighted by molar-refractivity contribution is 14.1. The van der Waals surface area contributed by atoms with E-state index in [-0.39, 0.29) is 9.33 Å². The van der Waals surface area contributed by atoms with E-state index >= 15 is 0 Å². The Hall–Kier alpha value is 0.320. The van der Waals surface area contributed by atoms with E-state index in [9.17, 15) is 4.79 Å². The smallest absolute Gasteiger partial charge is 0.211 e. The molecule has 0 bridgehead atoms. The molecule has 0 N–H and O–H groups in total. The standard InChI is InChI=1S/C8H14INO2/c1-8(2,7(9)11)10-3-5-12-6-4-10/h3-6H2,1-2H3. The molecular weight excluding hydrogens is 269 g/mol. The zero-order chi connectivity index (χ0) is 9.19. The summed E-state index contributed by atoms with van der Waals surface area (Å²) in [5.74, 6) is 0. The van der Waals surface area contributed by atoms with Crippen LogP contribution in [0.1, 0.15) is 13.8 Å². The molecule has 0 aromatic heterocycles. The van der Waals surface area contributed by atoms with Gasteiger partial charge >= 0.3 is 0 Å². The molecule has 1 rings (SSSR count). The van der Waals surface area contributed by atoms with E-state index in [4.69, 9.17) is 4.74 Å². The SMILES string of the molecule is CC(C)(C(=O)I)N1CCOCC1. The maximum absolute atomic E-state index is 11.3. The average molecular weight is 283 g/mol. The Bertz CT molecular complexity index is 176. The summed E-state index contributed by atoms with van der Waals surface area (Å²) in [6, 6.07) is 0. The number of rotatable bonds is 2. The monoisotopic (exact) mass is 283 g/mol. The molecule has 12 heavy (non-hydrogen) atoms. The Morgan fingerprint density at radius 2 is 1.92 bits per heavy atom. The minimum absolute atomic E-state index is 0.196. The molecular formula is C8H14INO2. The summed E-state index contributed by atoms with van der Waals surface area (Å²) < 4.78 is 5.42. The molecule has 70 valence electrons. The van der Waals surface area contributed by atoms with Crippen molar-refractivity contribution in [3.63, 3.8) is 0 Å². The van der Waals surface area contributed by atoms with Crippen LogP contribution in [0.3, 0.4) is 0 Å². The topological polar surface area (TPSA) is 29.5 Å². The van der Waals surface area contributed by atoms with Gasteiger partial charge in [-0.15, -0.1) is 0 Å². The number of hydrogen-bond donors (Lipinski definition) is 0. The summed E-state index contributed by atoms with van der Waals surface area (Å²) in [5, 5.41) is 0. The van der Waals surface area contributed by atoms with Crippen molar-refractivity contribution >= 4 is 26.4 Å². The molecule has 0 radical (unpaired) electrons. The van der Waals surface area contributed by atoms with Crippen LogP contribution in [0, 0.1) is 0 Å². The van der Waals surface area contributed by atoms with E-state index < -0.39 is 0 Å². The quantitative estimate of drug-likeness (QED) is 0.560. The molecule has 4 heteroatoms. The first kappa shape index (κ1) is 10.4. The van der Waals surface area contributed by atoms with E-state index in [1.807, 2.05) is 36.4 Å². The number of halogens is 1. The Balaban J connectivity index is 2.59. The van der Waals surface area contributed by atoms with Gasteiger partial charge < -0.3 is 4.74 Å². The van der Waals surface area contributed by atoms with Crippen LogP contribution in [-0.2, 0) is 9.53 Å². The molecule has 0 amide bonds. The zero-order valence-electron chi connectivity index (χ0n) is 7.47. The highest BCUT2D eigenvalue weighted by atomic mass is 127. The van der Waals surface area contributed by atoms with Crippen molar-refractivity contribution < 1.29 is 9.53 Å². The maximum Gasteiger partial charge on any atom is 0.211 e. The first-order valence-electron chi connectivity index (χ1n) is 4.08. The van der Waals surface area contributed by atoms with Gasteiger partial charge in [-0.25, -0.2) is 0 Å². The Kier molecular flexibility index (Phi) is 3.48. The van der Waals surface area contributed by atoms with Crippen molar-refractivity contribution in [3.8, 4) is 0 Å². The van der Waals surface area contributed by atoms with Crippen molar-refractivity contribution in [2.45, 2.75) is 19.4 Å². The van der Waals surface area contributed by atoms with Crippen molar-refractivity contribution in [2.75, 3.05) is 26.3 Å². The molecule has 0 aromatic rings. The molecule has 1 saturated heterocycles. The van der Waals surface area contributed by atoms with Crippen LogP contribution in [0.5, 0.6) is 0 Å². The summed E-state index contributed by atoms with van der Waals surface area (Å²) in [7, 11) is 0. The summed E-state index contributed by atoms with van der Waals surface area (Å²) in [6.45, 7) is 7.14. The number of morpholine rings is 1. The minimum Gasteiger partial charge on any atom is -0.379 e. The third-order valence-corrected chi connectivity index (χ3v) is 3.60. The second-order valence-electron chi connectivity index (χ2n) is 3.43. The molecule has 1 aliphatic heterocycles. The zero-order valence-corrected chi connectivity index (χ0v) is 9.63. The summed E-state index contributed by atoms with van der Waals surface area (Å²) >= 11 is 1.87. The highest BCUT2D eigenvalue weighted by Crippen LogP contribution is 2.19. The number of nitrogens with zero attached hydrogens (tertiary/aromatic N) is 1. The van der Waals surface area contributed by atoms with Gasteiger partial charge in [0.05, 0.1) is 18.8 Å². The molecule has 0 spiro atoms. The van der Waals surface area contributed by atoms with Gasteiger partial charge in [0.25, 0.3) is 0 Å². The van der Waals surface area contributed by atoms with Gasteiger partial charge in [-0.1, -0.05) is 0 Å². The predicted octanol–water partition coefficient (Wildman–Crippen LogP) is 1.06. The van der Waals surface area contributed by atoms with Crippen molar-refractivity contribution in [1.82, 2.24) is 4.90 Å². The molecule has 0 aromatic carbocycles. The third kappa shape index (κ3) is 2.17. The lowest BCUT2D eigenvalue weighted by atomic mass is 10.1. The Morgan fingerprint density at radius 3 is 2.33 bits per heavy atom. The average Bonchev–Trinajstić information content (AvgIpc) is 2.06. The fourth-order valence-electron chi connectivity index (χ4n) is 1.25. The second kappa shape index (κ2) is 4.02. The van der Waals surface area contributed by atoms with E-state index in [0.29, 0.717) is 0 Å². The van der Waals surface area contributed by atoms with Gasteiger partial charge in [0.2, 0.25) is 3.79 Å². The summed E-state index contributed by atoms with van der Waals surface area (Å²) in [4.78, 5) is 13.4. The molecule has 1 heterocycles. The second-order valence-corrected chi connectivity index (χ2v) is 4.41. The number of carbonyl (C=O) groups excluding carboxylic acids is 1. The fraction of sp³-hybridized carbons (Fsp3) is 0.875. The molecule has 0 atom stereocenters. The van der Waals surface area contributed by atoms with Gasteiger partial charge in [0.1, 0.15) is 0 Å². The first-order chi connectivity index (χ1) is 5.55. The number of ether oxygens (including phenoxy) is 1. The molecule has 0 saturated carbocycles. The Labute approximate surface area is 86.6 Å². The normalized spacial score (nSPS) is 20.9. The minimum atomic E-state index is -0.329. The molecule has 0 aliphatic carbocycles. The van der Waals surface area contributed by atoms with E-state index in [0.717, 1.165) is 26.3 Å². The van der Waals surface area contributed by atoms with Crippen molar-refractivity contribution in [1.29, 1.82) is 0 Å². The van der Waals surface area contributed by atoms with Gasteiger partial charge in [0.15, 0.2) is 0 Å². The van der Waals surface area contributed by atoms with Gasteiger partial charge in [-0.05, 0) is 13.8 Å². The number of carbonyl (C=O) groups is 1. The van der Waals surface area contributed by atoms with E-state index in [2.05, 4.69) is 4.90 Å². The van der Waals surface area contributed by atoms with Gasteiger partial charge in [-0.3, -0.25) is 9.69 Å². The lowest BCUT2D eigenvalue weighted by molar-refractivity contribution is -0.121. The fourth-order valence-corrected chi connectivity index (χ4v) is 1.59. The van der Waals surface area contributed by atoms with Crippen LogP contribution < -0.4 is 0 Å². The first-order valence-corrected chi connectivity index (χ1v) is 5.16. The largest absolute Gasteiger partial charge is 0.379 e. The summed E-state index contributed by atoms with van der Waals surface area (Å²) in [5.41, 5.74) is -0.329. The lowest BCUT2D eigenvalue weighted by Crippen LogP contribution is -2.52. The maximum atomic E-state index is 11.3.